The highest BCUT2D eigenvalue weighted by Gasteiger charge is 2.27. The van der Waals surface area contributed by atoms with Gasteiger partial charge in [0, 0.05) is 0 Å². The van der Waals surface area contributed by atoms with Crippen LogP contribution in [0.3, 0.4) is 0 Å². The molecule has 0 radical (unpaired) electrons. The molecule has 15 heavy (non-hydrogen) atoms. The minimum absolute atomic E-state index is 2.00. The number of hydrogen-bond acceptors (Lipinski definition) is 7. The van der Waals surface area contributed by atoms with Gasteiger partial charge in [-0.25, -0.2) is 9.13 Å². The summed E-state index contributed by atoms with van der Waals surface area (Å²) in [5.41, 5.74) is 22.0. The van der Waals surface area contributed by atoms with Crippen molar-refractivity contribution in [2.75, 3.05) is 0 Å². The molecule has 0 aromatic rings. The molecular formula is H8N6O7P2+2. The number of nitrogens with one attached hydrogen (secondary N) is 4. The highest BCUT2D eigenvalue weighted by molar-refractivity contribution is 7.60. The van der Waals surface area contributed by atoms with E-state index in [9.17, 15) is 9.13 Å². The average Bonchev–Trinajstić information content (AvgIpc) is 1.80. The molecular weight excluding hydrogens is 258 g/mol. The first-order valence-corrected chi connectivity index (χ1v) is 5.49. The van der Waals surface area contributed by atoms with E-state index in [2.05, 4.69) is 4.31 Å². The second-order valence-electron chi connectivity index (χ2n) is 1.29. The van der Waals surface area contributed by atoms with Crippen molar-refractivity contribution in [3.63, 3.8) is 0 Å². The fourth-order valence-corrected chi connectivity index (χ4v) is 1.25. The predicted octanol–water partition coefficient (Wildman–Crippen LogP) is -0.581. The Labute approximate surface area is 81.6 Å². The molecule has 0 saturated carbocycles. The summed E-state index contributed by atoms with van der Waals surface area (Å²) in [5, 5.41) is 0. The lowest BCUT2D eigenvalue weighted by Gasteiger charge is -2.03. The Balaban J connectivity index is -0.000000200. The van der Waals surface area contributed by atoms with Gasteiger partial charge in [0.2, 0.25) is 9.82 Å². The van der Waals surface area contributed by atoms with Gasteiger partial charge in [0.05, 0.1) is 0 Å². The van der Waals surface area contributed by atoms with Crippen LogP contribution in [0.1, 0.15) is 0 Å². The first kappa shape index (κ1) is 19.5. The predicted molar refractivity (Wildman–Crippen MR) is 40.3 cm³/mol. The SMILES string of the molecule is N=[N+]=N.N=[N+]=N.O=P(O)(O)OP(=O)(O)O. The lowest BCUT2D eigenvalue weighted by molar-refractivity contribution is 0.225. The van der Waals surface area contributed by atoms with Crippen LogP contribution in [0.2, 0.25) is 0 Å². The van der Waals surface area contributed by atoms with Crippen LogP contribution in [-0.2, 0) is 13.4 Å². The highest BCUT2D eigenvalue weighted by Crippen LogP contribution is 2.53. The summed E-state index contributed by atoms with van der Waals surface area (Å²) in [6, 6.07) is 0. The van der Waals surface area contributed by atoms with Crippen molar-refractivity contribution in [3.05, 3.63) is 0 Å². The quantitative estimate of drug-likeness (QED) is 0.183. The Kier molecular flexibility index (Phi) is 12.2. The molecule has 0 bridgehead atoms. The molecule has 0 aromatic heterocycles. The molecule has 0 aliphatic heterocycles. The Hall–Kier alpha value is -1.12. The monoisotopic (exact) mass is 266 g/mol. The summed E-state index contributed by atoms with van der Waals surface area (Å²) in [4.78, 5) is 35.0. The molecule has 0 amide bonds. The summed E-state index contributed by atoms with van der Waals surface area (Å²) in [6.45, 7) is 0. The van der Waals surface area contributed by atoms with E-state index >= 15 is 0 Å². The van der Waals surface area contributed by atoms with Gasteiger partial charge < -0.3 is 19.6 Å². The fourth-order valence-electron chi connectivity index (χ4n) is 0.139. The van der Waals surface area contributed by atoms with E-state index in [1.807, 2.05) is 9.82 Å². The summed E-state index contributed by atoms with van der Waals surface area (Å²) in [6.07, 6.45) is 0. The fraction of sp³-hybridized carbons (Fsp3) is 0. The van der Waals surface area contributed by atoms with Crippen LogP contribution < -0.4 is 9.82 Å². The minimum atomic E-state index is -5.05. The Morgan fingerprint density at radius 3 is 0.933 bits per heavy atom. The maximum atomic E-state index is 9.63. The third-order valence-electron chi connectivity index (χ3n) is 0.213. The van der Waals surface area contributed by atoms with Crippen molar-refractivity contribution in [1.82, 2.24) is 9.82 Å². The lowest BCUT2D eigenvalue weighted by atomic mass is 13.0. The van der Waals surface area contributed by atoms with Gasteiger partial charge in [-0.05, 0) is 0 Å². The molecule has 88 valence electrons. The summed E-state index contributed by atoms with van der Waals surface area (Å²) >= 11 is 0. The van der Waals surface area contributed by atoms with E-state index in [-0.39, 0.29) is 0 Å². The molecule has 0 aromatic carbocycles. The third kappa shape index (κ3) is 64.0. The van der Waals surface area contributed by atoms with E-state index in [0.29, 0.717) is 0 Å². The molecule has 0 atom stereocenters. The standard InChI is InChI=1S/2H2N3.H4O7P2/c2*1-3-2;1-8(2,3)7-9(4,5)6/h2*1-2H;(H2,1,2,3)(H2,4,5,6)/q2*+1;. The number of hydrogen-bond donors (Lipinski definition) is 8. The number of phosphoric acid groups is 2. The zero-order chi connectivity index (χ0) is 13.1. The molecule has 8 N–H and O–H groups in total. The van der Waals surface area contributed by atoms with Crippen LogP contribution in [-0.4, -0.2) is 19.6 Å². The zero-order valence-electron chi connectivity index (χ0n) is 6.80. The van der Waals surface area contributed by atoms with Crippen LogP contribution >= 0.6 is 15.6 Å². The van der Waals surface area contributed by atoms with Crippen LogP contribution in [0.15, 0.2) is 0 Å². The molecule has 0 aliphatic carbocycles. The molecule has 0 heterocycles. The Morgan fingerprint density at radius 2 is 0.933 bits per heavy atom. The van der Waals surface area contributed by atoms with E-state index in [0.717, 1.165) is 0 Å². The van der Waals surface area contributed by atoms with Gasteiger partial charge in [-0.1, -0.05) is 0 Å². The van der Waals surface area contributed by atoms with E-state index < -0.39 is 15.6 Å². The van der Waals surface area contributed by atoms with Gasteiger partial charge >= 0.3 is 15.6 Å². The molecule has 0 saturated heterocycles. The van der Waals surface area contributed by atoms with Crippen LogP contribution in [0.25, 0.3) is 0 Å². The normalized spacial score (nSPS) is 9.33. The van der Waals surface area contributed by atoms with Gasteiger partial charge in [0.1, 0.15) is 22.1 Å². The lowest BCUT2D eigenvalue weighted by Crippen LogP contribution is -1.84. The van der Waals surface area contributed by atoms with Gasteiger partial charge in [-0.3, -0.25) is 0 Å². The van der Waals surface area contributed by atoms with Crippen LogP contribution in [0, 0.1) is 22.1 Å². The molecule has 0 spiro atoms. The topological polar surface area (TPSA) is 248 Å². The van der Waals surface area contributed by atoms with E-state index in [1.54, 1.807) is 0 Å². The van der Waals surface area contributed by atoms with Crippen molar-refractivity contribution in [1.29, 1.82) is 22.1 Å². The van der Waals surface area contributed by atoms with Crippen LogP contribution in [0.4, 0.5) is 0 Å². The van der Waals surface area contributed by atoms with Gasteiger partial charge in [0.15, 0.2) is 0 Å². The van der Waals surface area contributed by atoms with Crippen molar-refractivity contribution in [2.45, 2.75) is 0 Å². The Morgan fingerprint density at radius 1 is 0.800 bits per heavy atom. The van der Waals surface area contributed by atoms with E-state index in [1.165, 1.54) is 0 Å². The zero-order valence-corrected chi connectivity index (χ0v) is 8.59. The van der Waals surface area contributed by atoms with Crippen molar-refractivity contribution < 1.29 is 33.0 Å². The molecule has 13 nitrogen and oxygen atoms in total. The molecule has 0 aliphatic rings. The van der Waals surface area contributed by atoms with Gasteiger partial charge in [-0.2, -0.15) is 4.31 Å². The summed E-state index contributed by atoms with van der Waals surface area (Å²) in [5.74, 6) is 0. The third-order valence-corrected chi connectivity index (χ3v) is 1.91. The minimum Gasteiger partial charge on any atom is -0.302 e. The number of rotatable bonds is 2. The molecule has 0 rings (SSSR count). The van der Waals surface area contributed by atoms with Gasteiger partial charge in [-0.15, -0.1) is 0 Å². The second-order valence-corrected chi connectivity index (χ2v) is 3.90. The number of nitrogens with zero attached hydrogens (tertiary/aromatic N) is 2. The van der Waals surface area contributed by atoms with Gasteiger partial charge in [0.25, 0.3) is 0 Å². The molecule has 0 unspecified atom stereocenters. The molecule has 15 heteroatoms. The van der Waals surface area contributed by atoms with E-state index in [4.69, 9.17) is 41.7 Å². The summed E-state index contributed by atoms with van der Waals surface area (Å²) < 4.78 is 22.2. The van der Waals surface area contributed by atoms with Crippen molar-refractivity contribution in [3.8, 4) is 0 Å². The highest BCUT2D eigenvalue weighted by atomic mass is 31.3. The second kappa shape index (κ2) is 9.44. The smallest absolute Gasteiger partial charge is 0.302 e. The first-order valence-electron chi connectivity index (χ1n) is 2.42. The van der Waals surface area contributed by atoms with Crippen molar-refractivity contribution >= 4 is 15.6 Å². The summed E-state index contributed by atoms with van der Waals surface area (Å²) in [7, 11) is -10.1. The van der Waals surface area contributed by atoms with Crippen molar-refractivity contribution in [2.24, 2.45) is 0 Å². The largest absolute Gasteiger partial charge is 0.478 e. The Bertz CT molecular complexity index is 278. The molecule has 0 fully saturated rings. The first-order chi connectivity index (χ1) is 6.54. The maximum absolute atomic E-state index is 9.63. The average molecular weight is 266 g/mol. The maximum Gasteiger partial charge on any atom is 0.478 e. The van der Waals surface area contributed by atoms with Crippen LogP contribution in [0.5, 0.6) is 0 Å².